The van der Waals surface area contributed by atoms with Gasteiger partial charge in [0.15, 0.2) is 0 Å². The average Bonchev–Trinajstić information content (AvgIpc) is 3.10. The molecule has 0 aliphatic carbocycles. The molecule has 1 aliphatic rings. The maximum absolute atomic E-state index is 12.9. The van der Waals surface area contributed by atoms with E-state index >= 15 is 0 Å². The fourth-order valence-electron chi connectivity index (χ4n) is 3.68. The molecule has 27 heavy (non-hydrogen) atoms. The molecule has 1 amide bonds. The topological polar surface area (TPSA) is 46.8 Å². The lowest BCUT2D eigenvalue weighted by atomic mass is 9.98. The highest BCUT2D eigenvalue weighted by molar-refractivity contribution is 5.93. The summed E-state index contributed by atoms with van der Waals surface area (Å²) >= 11 is 0. The van der Waals surface area contributed by atoms with Gasteiger partial charge in [-0.1, -0.05) is 24.3 Å². The van der Waals surface area contributed by atoms with Gasteiger partial charge in [-0.25, -0.2) is 4.98 Å². The number of carbonyl (C=O) groups is 1. The number of aromatic nitrogens is 2. The van der Waals surface area contributed by atoms with Crippen molar-refractivity contribution in [2.24, 2.45) is 5.92 Å². The van der Waals surface area contributed by atoms with Crippen LogP contribution < -0.4 is 4.74 Å². The number of rotatable bonds is 4. The zero-order chi connectivity index (χ0) is 18.8. The molecule has 1 fully saturated rings. The van der Waals surface area contributed by atoms with Crippen LogP contribution in [0.4, 0.5) is 0 Å². The predicted molar refractivity (Wildman–Crippen MR) is 105 cm³/mol. The summed E-state index contributed by atoms with van der Waals surface area (Å²) in [6, 6.07) is 12.0. The molecule has 5 nitrogen and oxygen atoms in total. The number of nitrogens with zero attached hydrogens (tertiary/aromatic N) is 3. The van der Waals surface area contributed by atoms with Crippen molar-refractivity contribution < 1.29 is 9.53 Å². The van der Waals surface area contributed by atoms with Crippen molar-refractivity contribution in [2.75, 3.05) is 19.7 Å². The van der Waals surface area contributed by atoms with Crippen molar-refractivity contribution in [3.63, 3.8) is 0 Å². The van der Waals surface area contributed by atoms with Gasteiger partial charge in [0.05, 0.1) is 6.61 Å². The van der Waals surface area contributed by atoms with Crippen LogP contribution in [0, 0.1) is 19.8 Å². The van der Waals surface area contributed by atoms with Gasteiger partial charge in [0.25, 0.3) is 5.91 Å². The number of carbonyl (C=O) groups excluding carboxylic acids is 1. The van der Waals surface area contributed by atoms with Crippen LogP contribution in [0.2, 0.25) is 0 Å². The third kappa shape index (κ3) is 3.82. The van der Waals surface area contributed by atoms with E-state index in [-0.39, 0.29) is 5.91 Å². The zero-order valence-electron chi connectivity index (χ0n) is 15.9. The van der Waals surface area contributed by atoms with Gasteiger partial charge < -0.3 is 14.0 Å². The minimum absolute atomic E-state index is 0.0111. The van der Waals surface area contributed by atoms with Gasteiger partial charge in [-0.2, -0.15) is 0 Å². The molecule has 0 N–H and O–H groups in total. The largest absolute Gasteiger partial charge is 0.493 e. The van der Waals surface area contributed by atoms with E-state index in [1.807, 2.05) is 58.9 Å². The van der Waals surface area contributed by atoms with Crippen molar-refractivity contribution >= 4 is 11.6 Å². The number of ether oxygens (including phenoxy) is 1. The van der Waals surface area contributed by atoms with Crippen molar-refractivity contribution in [3.8, 4) is 5.75 Å². The van der Waals surface area contributed by atoms with Crippen LogP contribution in [0.3, 0.4) is 0 Å². The SMILES string of the molecule is Cc1ccc2nc(C(=O)N3CCC[C@H](COc4ccccc4C)C3)cn2c1. The van der Waals surface area contributed by atoms with E-state index in [0.29, 0.717) is 18.2 Å². The number of imidazole rings is 1. The van der Waals surface area contributed by atoms with Crippen LogP contribution in [-0.4, -0.2) is 39.9 Å². The number of para-hydroxylation sites is 1. The summed E-state index contributed by atoms with van der Waals surface area (Å²) in [7, 11) is 0. The van der Waals surface area contributed by atoms with Gasteiger partial charge in [0.1, 0.15) is 17.1 Å². The molecule has 0 saturated carbocycles. The molecule has 1 saturated heterocycles. The first-order chi connectivity index (χ1) is 13.1. The van der Waals surface area contributed by atoms with Gasteiger partial charge >= 0.3 is 0 Å². The molecular formula is C22H25N3O2. The molecule has 1 aliphatic heterocycles. The molecule has 5 heteroatoms. The lowest BCUT2D eigenvalue weighted by Gasteiger charge is -2.32. The summed E-state index contributed by atoms with van der Waals surface area (Å²) in [5.41, 5.74) is 3.60. The van der Waals surface area contributed by atoms with Crippen molar-refractivity contribution in [1.82, 2.24) is 14.3 Å². The molecular weight excluding hydrogens is 338 g/mol. The summed E-state index contributed by atoms with van der Waals surface area (Å²) in [5.74, 6) is 1.29. The fourth-order valence-corrected chi connectivity index (χ4v) is 3.68. The fraction of sp³-hybridized carbons (Fsp3) is 0.364. The number of aryl methyl sites for hydroxylation is 2. The highest BCUT2D eigenvalue weighted by Crippen LogP contribution is 2.22. The normalized spacial score (nSPS) is 17.3. The third-order valence-corrected chi connectivity index (χ3v) is 5.19. The van der Waals surface area contributed by atoms with E-state index < -0.39 is 0 Å². The van der Waals surface area contributed by atoms with Crippen LogP contribution in [-0.2, 0) is 0 Å². The summed E-state index contributed by atoms with van der Waals surface area (Å²) in [5, 5.41) is 0. The Morgan fingerprint density at radius 3 is 2.89 bits per heavy atom. The highest BCUT2D eigenvalue weighted by atomic mass is 16.5. The minimum Gasteiger partial charge on any atom is -0.493 e. The molecule has 1 atom stereocenters. The monoisotopic (exact) mass is 363 g/mol. The summed E-state index contributed by atoms with van der Waals surface area (Å²) in [4.78, 5) is 19.4. The molecule has 3 heterocycles. The van der Waals surface area contributed by atoms with Crippen LogP contribution in [0.15, 0.2) is 48.8 Å². The Hall–Kier alpha value is -2.82. The molecule has 1 aromatic carbocycles. The Morgan fingerprint density at radius 2 is 2.04 bits per heavy atom. The predicted octanol–water partition coefficient (Wildman–Crippen LogP) is 3.88. The number of hydrogen-bond donors (Lipinski definition) is 0. The maximum atomic E-state index is 12.9. The number of benzene rings is 1. The van der Waals surface area contributed by atoms with Crippen molar-refractivity contribution in [2.45, 2.75) is 26.7 Å². The van der Waals surface area contributed by atoms with E-state index in [0.717, 1.165) is 48.5 Å². The quantitative estimate of drug-likeness (QED) is 0.707. The average molecular weight is 363 g/mol. The molecule has 3 aromatic rings. The molecule has 0 bridgehead atoms. The second kappa shape index (κ2) is 7.43. The number of fused-ring (bicyclic) bond motifs is 1. The van der Waals surface area contributed by atoms with Crippen molar-refractivity contribution in [1.29, 1.82) is 0 Å². The van der Waals surface area contributed by atoms with Crippen molar-refractivity contribution in [3.05, 3.63) is 65.6 Å². The molecule has 0 spiro atoms. The van der Waals surface area contributed by atoms with Gasteiger partial charge in [0.2, 0.25) is 0 Å². The van der Waals surface area contributed by atoms with E-state index in [1.165, 1.54) is 0 Å². The number of hydrogen-bond acceptors (Lipinski definition) is 3. The Bertz CT molecular complexity index is 963. The first-order valence-electron chi connectivity index (χ1n) is 9.53. The molecule has 4 rings (SSSR count). The number of pyridine rings is 1. The van der Waals surface area contributed by atoms with E-state index in [4.69, 9.17) is 4.74 Å². The van der Waals surface area contributed by atoms with Gasteiger partial charge in [-0.15, -0.1) is 0 Å². The van der Waals surface area contributed by atoms with E-state index in [2.05, 4.69) is 18.0 Å². The molecule has 0 radical (unpaired) electrons. The smallest absolute Gasteiger partial charge is 0.274 e. The number of likely N-dealkylation sites (tertiary alicyclic amines) is 1. The van der Waals surface area contributed by atoms with Gasteiger partial charge in [-0.05, 0) is 49.9 Å². The summed E-state index contributed by atoms with van der Waals surface area (Å²) in [6.07, 6.45) is 5.91. The second-order valence-electron chi connectivity index (χ2n) is 7.43. The second-order valence-corrected chi connectivity index (χ2v) is 7.43. The zero-order valence-corrected chi connectivity index (χ0v) is 15.9. The lowest BCUT2D eigenvalue weighted by molar-refractivity contribution is 0.0628. The first-order valence-corrected chi connectivity index (χ1v) is 9.53. The van der Waals surface area contributed by atoms with Crippen LogP contribution >= 0.6 is 0 Å². The Balaban J connectivity index is 1.42. The van der Waals surface area contributed by atoms with Crippen LogP contribution in [0.1, 0.15) is 34.5 Å². The van der Waals surface area contributed by atoms with Gasteiger partial charge in [0, 0.05) is 31.4 Å². The molecule has 140 valence electrons. The van der Waals surface area contributed by atoms with Crippen LogP contribution in [0.25, 0.3) is 5.65 Å². The standard InChI is InChI=1S/C22H25N3O2/c1-16-9-10-21-23-19(14-25(21)12-16)22(26)24-11-5-7-18(13-24)15-27-20-8-4-3-6-17(20)2/h3-4,6,8-10,12,14,18H,5,7,11,13,15H2,1-2H3/t18-/m0/s1. The van der Waals surface area contributed by atoms with Gasteiger partial charge in [-0.3, -0.25) is 4.79 Å². The number of piperidine rings is 1. The highest BCUT2D eigenvalue weighted by Gasteiger charge is 2.26. The summed E-state index contributed by atoms with van der Waals surface area (Å²) < 4.78 is 7.94. The summed E-state index contributed by atoms with van der Waals surface area (Å²) in [6.45, 7) is 6.23. The third-order valence-electron chi connectivity index (χ3n) is 5.19. The number of amides is 1. The lowest BCUT2D eigenvalue weighted by Crippen LogP contribution is -2.41. The van der Waals surface area contributed by atoms with E-state index in [1.54, 1.807) is 0 Å². The van der Waals surface area contributed by atoms with E-state index in [9.17, 15) is 4.79 Å². The Labute approximate surface area is 159 Å². The Kier molecular flexibility index (Phi) is 4.84. The molecule has 2 aromatic heterocycles. The van der Waals surface area contributed by atoms with Crippen LogP contribution in [0.5, 0.6) is 5.75 Å². The maximum Gasteiger partial charge on any atom is 0.274 e. The Morgan fingerprint density at radius 1 is 1.19 bits per heavy atom. The first kappa shape index (κ1) is 17.6. The molecule has 0 unspecified atom stereocenters. The minimum atomic E-state index is 0.0111.